The second kappa shape index (κ2) is 12.0. The summed E-state index contributed by atoms with van der Waals surface area (Å²) >= 11 is 4.31. The molecular weight excluding hydrogens is 474 g/mol. The Morgan fingerprint density at radius 3 is 2.33 bits per heavy atom. The molecule has 8 heteroatoms. The van der Waals surface area contributed by atoms with Gasteiger partial charge in [-0.1, -0.05) is 54.5 Å². The Kier molecular flexibility index (Phi) is 9.05. The zero-order valence-corrected chi connectivity index (χ0v) is 21.8. The van der Waals surface area contributed by atoms with Crippen LogP contribution in [-0.2, 0) is 20.9 Å². The maximum Gasteiger partial charge on any atom is 0.408 e. The molecule has 1 fully saturated rings. The lowest BCUT2D eigenvalue weighted by Gasteiger charge is -2.34. The van der Waals surface area contributed by atoms with Gasteiger partial charge in [0.15, 0.2) is 0 Å². The summed E-state index contributed by atoms with van der Waals surface area (Å²) in [5.74, 6) is 1.91. The lowest BCUT2D eigenvalue weighted by atomic mass is 9.97. The fourth-order valence-electron chi connectivity index (χ4n) is 3.85. The molecule has 2 N–H and O–H groups in total. The van der Waals surface area contributed by atoms with Gasteiger partial charge in [-0.2, -0.15) is 12.6 Å². The predicted molar refractivity (Wildman–Crippen MR) is 142 cm³/mol. The van der Waals surface area contributed by atoms with Crippen LogP contribution in [0.5, 0.6) is 0 Å². The molecule has 3 rings (SSSR count). The molecule has 0 radical (unpaired) electrons. The predicted octanol–water partition coefficient (Wildman–Crippen LogP) is 3.84. The van der Waals surface area contributed by atoms with Gasteiger partial charge in [0.25, 0.3) is 0 Å². The van der Waals surface area contributed by atoms with Crippen molar-refractivity contribution in [1.82, 2.24) is 15.5 Å². The number of carbonyl (C=O) groups is 3. The van der Waals surface area contributed by atoms with Crippen LogP contribution in [0, 0.1) is 12.3 Å². The summed E-state index contributed by atoms with van der Waals surface area (Å²) in [5.41, 5.74) is 1.29. The van der Waals surface area contributed by atoms with Gasteiger partial charge in [-0.3, -0.25) is 9.59 Å². The fraction of sp³-hybridized carbons (Fsp3) is 0.393. The first kappa shape index (κ1) is 27.2. The van der Waals surface area contributed by atoms with Gasteiger partial charge in [0.05, 0.1) is 0 Å². The van der Waals surface area contributed by atoms with Gasteiger partial charge in [-0.05, 0) is 50.8 Å². The molecule has 7 nitrogen and oxygen atoms in total. The summed E-state index contributed by atoms with van der Waals surface area (Å²) in [7, 11) is 0. The smallest absolute Gasteiger partial charge is 0.408 e. The number of hydrogen-bond acceptors (Lipinski definition) is 5. The zero-order valence-electron chi connectivity index (χ0n) is 20.9. The normalized spacial score (nSPS) is 14.6. The molecular formula is C28H33N3O4S. The Morgan fingerprint density at radius 1 is 1.11 bits per heavy atom. The van der Waals surface area contributed by atoms with Crippen LogP contribution in [0.4, 0.5) is 4.79 Å². The monoisotopic (exact) mass is 507 g/mol. The minimum atomic E-state index is -0.980. The van der Waals surface area contributed by atoms with E-state index >= 15 is 0 Å². The zero-order chi connectivity index (χ0) is 26.3. The first-order valence-corrected chi connectivity index (χ1v) is 12.6. The van der Waals surface area contributed by atoms with E-state index in [-0.39, 0.29) is 17.7 Å². The van der Waals surface area contributed by atoms with E-state index in [2.05, 4.69) is 29.2 Å². The molecule has 0 saturated heterocycles. The number of nitrogens with one attached hydrogen (secondary N) is 2. The molecule has 0 spiro atoms. The highest BCUT2D eigenvalue weighted by Gasteiger charge is 2.44. The van der Waals surface area contributed by atoms with E-state index in [1.165, 1.54) is 0 Å². The van der Waals surface area contributed by atoms with Crippen LogP contribution >= 0.6 is 12.6 Å². The third-order valence-electron chi connectivity index (χ3n) is 5.61. The second-order valence-corrected chi connectivity index (χ2v) is 10.1. The van der Waals surface area contributed by atoms with Gasteiger partial charge in [0.2, 0.25) is 11.8 Å². The summed E-state index contributed by atoms with van der Waals surface area (Å²) < 4.78 is 5.33. The summed E-state index contributed by atoms with van der Waals surface area (Å²) in [6.07, 6.45) is 6.54. The Balaban J connectivity index is 1.93. The van der Waals surface area contributed by atoms with Crippen LogP contribution in [0.25, 0.3) is 0 Å². The molecule has 3 amide bonds. The molecule has 2 unspecified atom stereocenters. The standard InChI is InChI=1S/C28H33N3O4S/c1-5-20-13-9-10-14-22(20)24(25(32)29-17-19-11-7-6-8-12-19)31(21-15-16-21)26(33)23(18-36)30-27(34)35-28(2,3)4/h1,6-14,21,23-24,36H,15-18H2,2-4H3,(H,29,32)(H,30,34). The quantitative estimate of drug-likeness (QED) is 0.356. The van der Waals surface area contributed by atoms with Crippen molar-refractivity contribution in [3.05, 3.63) is 71.3 Å². The molecule has 190 valence electrons. The first-order chi connectivity index (χ1) is 17.1. The summed E-state index contributed by atoms with van der Waals surface area (Å²) in [5, 5.41) is 5.58. The van der Waals surface area contributed by atoms with Gasteiger partial charge >= 0.3 is 6.09 Å². The molecule has 0 bridgehead atoms. The highest BCUT2D eigenvalue weighted by Crippen LogP contribution is 2.36. The second-order valence-electron chi connectivity index (χ2n) is 9.70. The molecule has 2 atom stereocenters. The molecule has 1 aliphatic rings. The number of amides is 3. The highest BCUT2D eigenvalue weighted by molar-refractivity contribution is 7.80. The van der Waals surface area contributed by atoms with E-state index < -0.39 is 29.7 Å². The van der Waals surface area contributed by atoms with E-state index in [0.29, 0.717) is 17.7 Å². The molecule has 0 heterocycles. The minimum Gasteiger partial charge on any atom is -0.444 e. The third kappa shape index (κ3) is 7.28. The van der Waals surface area contributed by atoms with E-state index in [9.17, 15) is 14.4 Å². The van der Waals surface area contributed by atoms with Gasteiger partial charge < -0.3 is 20.3 Å². The summed E-state index contributed by atoms with van der Waals surface area (Å²) in [6, 6.07) is 14.5. The fourth-order valence-corrected chi connectivity index (χ4v) is 4.10. The Bertz CT molecular complexity index is 1120. The maximum absolute atomic E-state index is 13.8. The lowest BCUT2D eigenvalue weighted by Crippen LogP contribution is -2.54. The number of benzene rings is 2. The number of hydrogen-bond donors (Lipinski definition) is 3. The molecule has 0 aliphatic heterocycles. The molecule has 36 heavy (non-hydrogen) atoms. The molecule has 1 saturated carbocycles. The van der Waals surface area contributed by atoms with Crippen molar-refractivity contribution in [3.8, 4) is 12.3 Å². The third-order valence-corrected chi connectivity index (χ3v) is 5.98. The van der Waals surface area contributed by atoms with Crippen molar-refractivity contribution >= 4 is 30.5 Å². The number of alkyl carbamates (subject to hydrolysis) is 1. The largest absolute Gasteiger partial charge is 0.444 e. The molecule has 0 aromatic heterocycles. The van der Waals surface area contributed by atoms with Crippen molar-refractivity contribution in [2.45, 2.75) is 63.9 Å². The van der Waals surface area contributed by atoms with E-state index in [0.717, 1.165) is 18.4 Å². The number of thiol groups is 1. The van der Waals surface area contributed by atoms with Crippen molar-refractivity contribution in [2.24, 2.45) is 0 Å². The average Bonchev–Trinajstić information content (AvgIpc) is 3.68. The van der Waals surface area contributed by atoms with Crippen LogP contribution in [-0.4, -0.2) is 46.2 Å². The van der Waals surface area contributed by atoms with Crippen LogP contribution in [0.15, 0.2) is 54.6 Å². The number of rotatable bonds is 9. The van der Waals surface area contributed by atoms with Crippen LogP contribution in [0.3, 0.4) is 0 Å². The number of ether oxygens (including phenoxy) is 1. The topological polar surface area (TPSA) is 87.7 Å². The van der Waals surface area contributed by atoms with E-state index in [4.69, 9.17) is 11.2 Å². The van der Waals surface area contributed by atoms with Crippen LogP contribution < -0.4 is 10.6 Å². The van der Waals surface area contributed by atoms with Crippen molar-refractivity contribution in [3.63, 3.8) is 0 Å². The molecule has 1 aliphatic carbocycles. The Morgan fingerprint density at radius 2 is 1.75 bits per heavy atom. The molecule has 2 aromatic rings. The van der Waals surface area contributed by atoms with E-state index in [1.807, 2.05) is 30.3 Å². The Hall–Kier alpha value is -3.44. The highest BCUT2D eigenvalue weighted by atomic mass is 32.1. The first-order valence-electron chi connectivity index (χ1n) is 11.9. The van der Waals surface area contributed by atoms with Gasteiger partial charge in [0, 0.05) is 23.9 Å². The number of terminal acetylenes is 1. The van der Waals surface area contributed by atoms with Crippen LogP contribution in [0.2, 0.25) is 0 Å². The van der Waals surface area contributed by atoms with Gasteiger partial charge in [-0.25, -0.2) is 4.79 Å². The average molecular weight is 508 g/mol. The number of nitrogens with zero attached hydrogens (tertiary/aromatic N) is 1. The molecule has 2 aromatic carbocycles. The van der Waals surface area contributed by atoms with Crippen molar-refractivity contribution in [1.29, 1.82) is 0 Å². The van der Waals surface area contributed by atoms with Crippen LogP contribution in [0.1, 0.15) is 56.3 Å². The lowest BCUT2D eigenvalue weighted by molar-refractivity contribution is -0.142. The van der Waals surface area contributed by atoms with Gasteiger partial charge in [-0.15, -0.1) is 6.42 Å². The number of carbonyl (C=O) groups excluding carboxylic acids is 3. The van der Waals surface area contributed by atoms with Crippen molar-refractivity contribution in [2.75, 3.05) is 5.75 Å². The van der Waals surface area contributed by atoms with Crippen molar-refractivity contribution < 1.29 is 19.1 Å². The summed E-state index contributed by atoms with van der Waals surface area (Å²) in [4.78, 5) is 41.5. The minimum absolute atomic E-state index is 0.0381. The Labute approximate surface area is 218 Å². The SMILES string of the molecule is C#Cc1ccccc1C(C(=O)NCc1ccccc1)N(C(=O)C(CS)NC(=O)OC(C)(C)C)C1CC1. The summed E-state index contributed by atoms with van der Waals surface area (Å²) in [6.45, 7) is 5.52. The van der Waals surface area contributed by atoms with Gasteiger partial charge in [0.1, 0.15) is 17.7 Å². The van der Waals surface area contributed by atoms with E-state index in [1.54, 1.807) is 49.9 Å². The maximum atomic E-state index is 13.8.